The molecule has 0 aliphatic rings. The zero-order chi connectivity index (χ0) is 12.7. The maximum absolute atomic E-state index is 11.6. The van der Waals surface area contributed by atoms with Crippen LogP contribution >= 0.6 is 0 Å². The topological polar surface area (TPSA) is 97.5 Å². The average Bonchev–Trinajstić information content (AvgIpc) is 2.31. The highest BCUT2D eigenvalue weighted by atomic mass is 16.5. The summed E-state index contributed by atoms with van der Waals surface area (Å²) in [4.78, 5) is 15.5. The molecule has 0 radical (unpaired) electrons. The van der Waals surface area contributed by atoms with Gasteiger partial charge in [0.25, 0.3) is 0 Å². The summed E-state index contributed by atoms with van der Waals surface area (Å²) in [5.41, 5.74) is 5.46. The Morgan fingerprint density at radius 2 is 2.47 bits per heavy atom. The molecular formula is C11H17N3O3. The summed E-state index contributed by atoms with van der Waals surface area (Å²) in [6.07, 6.45) is 1.31. The van der Waals surface area contributed by atoms with E-state index in [0.29, 0.717) is 6.61 Å². The highest BCUT2D eigenvalue weighted by Crippen LogP contribution is 2.18. The molecule has 1 atom stereocenters. The van der Waals surface area contributed by atoms with Crippen molar-refractivity contribution in [1.29, 1.82) is 0 Å². The van der Waals surface area contributed by atoms with Gasteiger partial charge in [0.05, 0.1) is 12.5 Å². The number of rotatable bonds is 6. The average molecular weight is 239 g/mol. The van der Waals surface area contributed by atoms with E-state index in [-0.39, 0.29) is 36.5 Å². The lowest BCUT2D eigenvalue weighted by Crippen LogP contribution is -2.29. The molecule has 0 aromatic carbocycles. The zero-order valence-electron chi connectivity index (χ0n) is 9.72. The third-order valence-electron chi connectivity index (χ3n) is 2.12. The van der Waals surface area contributed by atoms with Crippen molar-refractivity contribution in [3.8, 4) is 5.75 Å². The van der Waals surface area contributed by atoms with Crippen molar-refractivity contribution in [3.63, 3.8) is 0 Å². The molecule has 0 saturated carbocycles. The minimum absolute atomic E-state index is 0.0680. The Balaban J connectivity index is 2.52. The van der Waals surface area contributed by atoms with E-state index in [2.05, 4.69) is 10.3 Å². The van der Waals surface area contributed by atoms with E-state index < -0.39 is 0 Å². The third-order valence-corrected chi connectivity index (χ3v) is 2.12. The molecule has 6 nitrogen and oxygen atoms in total. The molecule has 1 aromatic rings. The molecule has 4 N–H and O–H groups in total. The summed E-state index contributed by atoms with van der Waals surface area (Å²) >= 11 is 0. The van der Waals surface area contributed by atoms with E-state index in [1.807, 2.05) is 6.92 Å². The van der Waals surface area contributed by atoms with Gasteiger partial charge in [-0.25, -0.2) is 4.98 Å². The highest BCUT2D eigenvalue weighted by molar-refractivity contribution is 5.91. The zero-order valence-corrected chi connectivity index (χ0v) is 9.72. The number of aromatic hydroxyl groups is 1. The summed E-state index contributed by atoms with van der Waals surface area (Å²) in [5.74, 6) is -0.214. The minimum atomic E-state index is -0.314. The van der Waals surface area contributed by atoms with Gasteiger partial charge in [0.2, 0.25) is 5.91 Å². The number of hydrogen-bond donors (Lipinski definition) is 3. The SMILES string of the molecule is CCOC(CN)CC(=O)Nc1ncccc1O. The van der Waals surface area contributed by atoms with Crippen LogP contribution < -0.4 is 11.1 Å². The first-order valence-electron chi connectivity index (χ1n) is 5.42. The first-order valence-corrected chi connectivity index (χ1v) is 5.42. The summed E-state index contributed by atoms with van der Waals surface area (Å²) in [6.45, 7) is 2.62. The minimum Gasteiger partial charge on any atom is -0.504 e. The van der Waals surface area contributed by atoms with Gasteiger partial charge in [0.15, 0.2) is 11.6 Å². The van der Waals surface area contributed by atoms with Crippen molar-refractivity contribution >= 4 is 11.7 Å². The molecule has 0 fully saturated rings. The van der Waals surface area contributed by atoms with Crippen LogP contribution in [0.4, 0.5) is 5.82 Å². The Bertz CT molecular complexity index is 371. The van der Waals surface area contributed by atoms with Crippen LogP contribution in [-0.4, -0.2) is 35.3 Å². The Labute approximate surface area is 99.8 Å². The number of nitrogens with two attached hydrogens (primary N) is 1. The molecular weight excluding hydrogens is 222 g/mol. The first-order chi connectivity index (χ1) is 8.17. The maximum atomic E-state index is 11.6. The molecule has 0 aliphatic heterocycles. The second-order valence-electron chi connectivity index (χ2n) is 3.44. The predicted molar refractivity (Wildman–Crippen MR) is 63.6 cm³/mol. The number of hydrogen-bond acceptors (Lipinski definition) is 5. The fourth-order valence-corrected chi connectivity index (χ4v) is 1.33. The van der Waals surface area contributed by atoms with Gasteiger partial charge in [0.1, 0.15) is 0 Å². The Morgan fingerprint density at radius 1 is 1.71 bits per heavy atom. The van der Waals surface area contributed by atoms with Crippen molar-refractivity contribution < 1.29 is 14.6 Å². The molecule has 0 bridgehead atoms. The van der Waals surface area contributed by atoms with Crippen molar-refractivity contribution in [1.82, 2.24) is 4.98 Å². The summed E-state index contributed by atoms with van der Waals surface area (Å²) in [7, 11) is 0. The van der Waals surface area contributed by atoms with Gasteiger partial charge in [-0.3, -0.25) is 4.79 Å². The lowest BCUT2D eigenvalue weighted by molar-refractivity contribution is -0.118. The van der Waals surface area contributed by atoms with Crippen LogP contribution in [0.3, 0.4) is 0 Å². The molecule has 94 valence electrons. The van der Waals surface area contributed by atoms with Crippen LogP contribution in [0.25, 0.3) is 0 Å². The molecule has 1 amide bonds. The third kappa shape index (κ3) is 4.38. The largest absolute Gasteiger partial charge is 0.504 e. The lowest BCUT2D eigenvalue weighted by atomic mass is 10.2. The van der Waals surface area contributed by atoms with E-state index >= 15 is 0 Å². The second kappa shape index (κ2) is 6.82. The van der Waals surface area contributed by atoms with Crippen molar-refractivity contribution in [2.45, 2.75) is 19.4 Å². The maximum Gasteiger partial charge on any atom is 0.228 e. The van der Waals surface area contributed by atoms with E-state index in [1.54, 1.807) is 6.07 Å². The second-order valence-corrected chi connectivity index (χ2v) is 3.44. The molecule has 1 aromatic heterocycles. The molecule has 1 rings (SSSR count). The fourth-order valence-electron chi connectivity index (χ4n) is 1.33. The van der Waals surface area contributed by atoms with E-state index in [9.17, 15) is 9.90 Å². The molecule has 6 heteroatoms. The van der Waals surface area contributed by atoms with Crippen LogP contribution in [0.5, 0.6) is 5.75 Å². The van der Waals surface area contributed by atoms with Gasteiger partial charge in [0, 0.05) is 19.3 Å². The number of nitrogens with zero attached hydrogens (tertiary/aromatic N) is 1. The van der Waals surface area contributed by atoms with E-state index in [4.69, 9.17) is 10.5 Å². The first kappa shape index (κ1) is 13.4. The van der Waals surface area contributed by atoms with Crippen LogP contribution in [-0.2, 0) is 9.53 Å². The van der Waals surface area contributed by atoms with Crippen LogP contribution in [0.1, 0.15) is 13.3 Å². The number of carbonyl (C=O) groups is 1. The van der Waals surface area contributed by atoms with E-state index in [1.165, 1.54) is 12.3 Å². The van der Waals surface area contributed by atoms with E-state index in [0.717, 1.165) is 0 Å². The fraction of sp³-hybridized carbons (Fsp3) is 0.455. The molecule has 0 saturated heterocycles. The molecule has 1 unspecified atom stereocenters. The smallest absolute Gasteiger partial charge is 0.228 e. The van der Waals surface area contributed by atoms with Crippen LogP contribution in [0.15, 0.2) is 18.3 Å². The van der Waals surface area contributed by atoms with Gasteiger partial charge < -0.3 is 20.9 Å². The molecule has 1 heterocycles. The number of pyridine rings is 1. The number of ether oxygens (including phenoxy) is 1. The standard InChI is InChI=1S/C11H17N3O3/c1-2-17-8(7-12)6-10(16)14-11-9(15)4-3-5-13-11/h3-5,8,15H,2,6-7,12H2,1H3,(H,13,14,16). The molecule has 17 heavy (non-hydrogen) atoms. The highest BCUT2D eigenvalue weighted by Gasteiger charge is 2.14. The number of anilines is 1. The van der Waals surface area contributed by atoms with Crippen molar-refractivity contribution in [2.24, 2.45) is 5.73 Å². The van der Waals surface area contributed by atoms with Crippen LogP contribution in [0.2, 0.25) is 0 Å². The Morgan fingerprint density at radius 3 is 3.06 bits per heavy atom. The predicted octanol–water partition coefficient (Wildman–Crippen LogP) is 0.480. The lowest BCUT2D eigenvalue weighted by Gasteiger charge is -2.14. The number of carbonyl (C=O) groups excluding carboxylic acids is 1. The van der Waals surface area contributed by atoms with Crippen LogP contribution in [0, 0.1) is 0 Å². The molecule has 0 aliphatic carbocycles. The summed E-state index contributed by atoms with van der Waals surface area (Å²) in [5, 5.41) is 11.9. The Kier molecular flexibility index (Phi) is 5.38. The number of nitrogens with one attached hydrogen (secondary N) is 1. The van der Waals surface area contributed by atoms with Gasteiger partial charge >= 0.3 is 0 Å². The van der Waals surface area contributed by atoms with Gasteiger partial charge in [-0.1, -0.05) is 0 Å². The quantitative estimate of drug-likeness (QED) is 0.670. The van der Waals surface area contributed by atoms with Gasteiger partial charge in [-0.15, -0.1) is 0 Å². The van der Waals surface area contributed by atoms with Crippen molar-refractivity contribution in [3.05, 3.63) is 18.3 Å². The summed E-state index contributed by atoms with van der Waals surface area (Å²) < 4.78 is 5.26. The van der Waals surface area contributed by atoms with Gasteiger partial charge in [-0.2, -0.15) is 0 Å². The number of amides is 1. The van der Waals surface area contributed by atoms with Gasteiger partial charge in [-0.05, 0) is 19.1 Å². The normalized spacial score (nSPS) is 12.1. The monoisotopic (exact) mass is 239 g/mol. The summed E-state index contributed by atoms with van der Waals surface area (Å²) in [6, 6.07) is 3.03. The number of aromatic nitrogens is 1. The van der Waals surface area contributed by atoms with Crippen molar-refractivity contribution in [2.75, 3.05) is 18.5 Å². The Hall–Kier alpha value is -1.66. The molecule has 0 spiro atoms.